The number of hydrogen-bond donors (Lipinski definition) is 1. The van der Waals surface area contributed by atoms with Gasteiger partial charge in [-0.3, -0.25) is 19.3 Å². The zero-order valence-electron chi connectivity index (χ0n) is 20.3. The van der Waals surface area contributed by atoms with Gasteiger partial charge in [0.2, 0.25) is 5.91 Å². The van der Waals surface area contributed by atoms with Gasteiger partial charge in [-0.15, -0.1) is 0 Å². The average Bonchev–Trinajstić information content (AvgIpc) is 2.85. The van der Waals surface area contributed by atoms with Gasteiger partial charge in [0.15, 0.2) is 11.5 Å². The molecular formula is C28H30N2O5. The minimum absolute atomic E-state index is 0.149. The minimum Gasteiger partial charge on any atom is -0.490 e. The number of amides is 3. The quantitative estimate of drug-likeness (QED) is 0.423. The summed E-state index contributed by atoms with van der Waals surface area (Å²) in [5.41, 5.74) is 1.95. The van der Waals surface area contributed by atoms with E-state index in [0.29, 0.717) is 47.6 Å². The second kappa shape index (κ2) is 10.6. The van der Waals surface area contributed by atoms with Crippen molar-refractivity contribution in [3.8, 4) is 11.5 Å². The van der Waals surface area contributed by atoms with Crippen molar-refractivity contribution in [1.82, 2.24) is 10.2 Å². The lowest BCUT2D eigenvalue weighted by Crippen LogP contribution is -2.41. The Kier molecular flexibility index (Phi) is 7.34. The molecule has 1 N–H and O–H groups in total. The number of carbonyl (C=O) groups is 3. The van der Waals surface area contributed by atoms with Gasteiger partial charge in [-0.1, -0.05) is 30.3 Å². The van der Waals surface area contributed by atoms with Crippen molar-refractivity contribution in [2.45, 2.75) is 39.7 Å². The smallest absolute Gasteiger partial charge is 0.261 e. The maximum Gasteiger partial charge on any atom is 0.261 e. The molecule has 0 aromatic heterocycles. The zero-order chi connectivity index (χ0) is 24.9. The first-order valence-corrected chi connectivity index (χ1v) is 12.0. The van der Waals surface area contributed by atoms with Crippen LogP contribution in [0.3, 0.4) is 0 Å². The zero-order valence-corrected chi connectivity index (χ0v) is 20.3. The van der Waals surface area contributed by atoms with Gasteiger partial charge >= 0.3 is 0 Å². The molecule has 1 aliphatic heterocycles. The molecule has 1 heterocycles. The molecule has 1 aliphatic rings. The number of rotatable bonds is 10. The van der Waals surface area contributed by atoms with Gasteiger partial charge in [-0.05, 0) is 62.4 Å². The number of nitrogens with one attached hydrogen (secondary N) is 1. The Morgan fingerprint density at radius 1 is 0.914 bits per heavy atom. The topological polar surface area (TPSA) is 84.9 Å². The van der Waals surface area contributed by atoms with Crippen molar-refractivity contribution in [3.05, 3.63) is 71.3 Å². The highest BCUT2D eigenvalue weighted by Crippen LogP contribution is 2.31. The first-order chi connectivity index (χ1) is 16.9. The van der Waals surface area contributed by atoms with Gasteiger partial charge in [0.25, 0.3) is 11.8 Å². The summed E-state index contributed by atoms with van der Waals surface area (Å²) >= 11 is 0. The summed E-state index contributed by atoms with van der Waals surface area (Å²) in [6.45, 7) is 6.95. The van der Waals surface area contributed by atoms with Crippen LogP contribution in [0.5, 0.6) is 11.5 Å². The summed E-state index contributed by atoms with van der Waals surface area (Å²) < 4.78 is 11.3. The Labute approximate surface area is 205 Å². The van der Waals surface area contributed by atoms with Crippen LogP contribution < -0.4 is 14.8 Å². The van der Waals surface area contributed by atoms with Gasteiger partial charge in [0.1, 0.15) is 0 Å². The first kappa shape index (κ1) is 24.3. The second-order valence-corrected chi connectivity index (χ2v) is 8.44. The summed E-state index contributed by atoms with van der Waals surface area (Å²) in [5, 5.41) is 4.56. The normalized spacial score (nSPS) is 13.6. The molecule has 0 saturated carbocycles. The van der Waals surface area contributed by atoms with Crippen LogP contribution in [-0.2, 0) is 4.79 Å². The number of nitrogens with zero attached hydrogens (tertiary/aromatic N) is 1. The molecule has 0 fully saturated rings. The molecule has 1 atom stereocenters. The van der Waals surface area contributed by atoms with Gasteiger partial charge in [0, 0.05) is 29.5 Å². The Morgan fingerprint density at radius 2 is 1.54 bits per heavy atom. The Balaban J connectivity index is 1.36. The third-order valence-electron chi connectivity index (χ3n) is 6.09. The molecule has 0 bridgehead atoms. The molecule has 3 aromatic rings. The highest BCUT2D eigenvalue weighted by atomic mass is 16.5. The van der Waals surface area contributed by atoms with Crippen molar-refractivity contribution in [2.24, 2.45) is 0 Å². The van der Waals surface area contributed by atoms with Gasteiger partial charge in [0.05, 0.1) is 19.3 Å². The molecule has 3 amide bonds. The van der Waals surface area contributed by atoms with Crippen LogP contribution in [0.25, 0.3) is 10.8 Å². The van der Waals surface area contributed by atoms with Crippen molar-refractivity contribution in [3.63, 3.8) is 0 Å². The molecule has 0 radical (unpaired) electrons. The number of ether oxygens (including phenoxy) is 2. The van der Waals surface area contributed by atoms with Crippen LogP contribution in [0.4, 0.5) is 0 Å². The van der Waals surface area contributed by atoms with Crippen molar-refractivity contribution in [2.75, 3.05) is 19.8 Å². The molecule has 0 spiro atoms. The fourth-order valence-corrected chi connectivity index (χ4v) is 4.42. The van der Waals surface area contributed by atoms with Crippen LogP contribution in [-0.4, -0.2) is 42.4 Å². The highest BCUT2D eigenvalue weighted by molar-refractivity contribution is 6.25. The predicted octanol–water partition coefficient (Wildman–Crippen LogP) is 4.89. The molecular weight excluding hydrogens is 444 g/mol. The fraction of sp³-hybridized carbons (Fsp3) is 0.321. The Bertz CT molecular complexity index is 1220. The standard InChI is InChI=1S/C28H30N2O5/c1-4-34-23-15-14-20(17-24(23)35-5-2)18(3)29-25(31)13-8-16-30-27(32)21-11-6-9-19-10-7-12-22(26(19)21)28(30)33/h6-7,9-12,14-15,17-18H,4-5,8,13,16H2,1-3H3,(H,29,31). The van der Waals surface area contributed by atoms with E-state index in [-0.39, 0.29) is 36.7 Å². The van der Waals surface area contributed by atoms with E-state index in [9.17, 15) is 14.4 Å². The molecule has 182 valence electrons. The minimum atomic E-state index is -0.314. The van der Waals surface area contributed by atoms with E-state index in [1.54, 1.807) is 12.1 Å². The Hall–Kier alpha value is -3.87. The van der Waals surface area contributed by atoms with E-state index in [1.165, 1.54) is 4.90 Å². The largest absolute Gasteiger partial charge is 0.490 e. The van der Waals surface area contributed by atoms with E-state index < -0.39 is 0 Å². The molecule has 0 saturated heterocycles. The molecule has 4 rings (SSSR count). The summed E-state index contributed by atoms with van der Waals surface area (Å²) in [6.07, 6.45) is 0.574. The molecule has 35 heavy (non-hydrogen) atoms. The third kappa shape index (κ3) is 4.99. The summed E-state index contributed by atoms with van der Waals surface area (Å²) in [7, 11) is 0. The SMILES string of the molecule is CCOc1ccc(C(C)NC(=O)CCCN2C(=O)c3cccc4cccc(c34)C2=O)cc1OCC. The summed E-state index contributed by atoms with van der Waals surface area (Å²) in [4.78, 5) is 39.8. The van der Waals surface area contributed by atoms with Gasteiger partial charge < -0.3 is 14.8 Å². The number of imide groups is 1. The van der Waals surface area contributed by atoms with Crippen LogP contribution in [0.2, 0.25) is 0 Å². The number of benzene rings is 3. The van der Waals surface area contributed by atoms with Gasteiger partial charge in [-0.25, -0.2) is 0 Å². The van der Waals surface area contributed by atoms with Gasteiger partial charge in [-0.2, -0.15) is 0 Å². The van der Waals surface area contributed by atoms with E-state index >= 15 is 0 Å². The van der Waals surface area contributed by atoms with Crippen LogP contribution in [0, 0.1) is 0 Å². The molecule has 7 heteroatoms. The van der Waals surface area contributed by atoms with E-state index in [1.807, 2.05) is 63.2 Å². The van der Waals surface area contributed by atoms with Crippen molar-refractivity contribution in [1.29, 1.82) is 0 Å². The monoisotopic (exact) mass is 474 g/mol. The molecule has 3 aromatic carbocycles. The van der Waals surface area contributed by atoms with Crippen LogP contribution in [0.15, 0.2) is 54.6 Å². The lowest BCUT2D eigenvalue weighted by atomic mass is 9.94. The second-order valence-electron chi connectivity index (χ2n) is 8.44. The molecule has 0 aliphatic carbocycles. The van der Waals surface area contributed by atoms with Crippen LogP contribution >= 0.6 is 0 Å². The lowest BCUT2D eigenvalue weighted by molar-refractivity contribution is -0.121. The third-order valence-corrected chi connectivity index (χ3v) is 6.09. The molecule has 7 nitrogen and oxygen atoms in total. The number of hydrogen-bond acceptors (Lipinski definition) is 5. The highest BCUT2D eigenvalue weighted by Gasteiger charge is 2.32. The fourth-order valence-electron chi connectivity index (χ4n) is 4.42. The maximum atomic E-state index is 13.0. The maximum absolute atomic E-state index is 13.0. The number of carbonyl (C=O) groups excluding carboxylic acids is 3. The predicted molar refractivity (Wildman–Crippen MR) is 134 cm³/mol. The molecule has 1 unspecified atom stereocenters. The van der Waals surface area contributed by atoms with E-state index in [4.69, 9.17) is 9.47 Å². The lowest BCUT2D eigenvalue weighted by Gasteiger charge is -2.27. The van der Waals surface area contributed by atoms with E-state index in [2.05, 4.69) is 5.32 Å². The van der Waals surface area contributed by atoms with Crippen molar-refractivity contribution < 1.29 is 23.9 Å². The van der Waals surface area contributed by atoms with Crippen molar-refractivity contribution >= 4 is 28.5 Å². The Morgan fingerprint density at radius 3 is 2.17 bits per heavy atom. The first-order valence-electron chi connectivity index (χ1n) is 12.0. The van der Waals surface area contributed by atoms with E-state index in [0.717, 1.165) is 10.9 Å². The average molecular weight is 475 g/mol. The van der Waals surface area contributed by atoms with Crippen LogP contribution in [0.1, 0.15) is 65.9 Å². The summed E-state index contributed by atoms with van der Waals surface area (Å²) in [5.74, 6) is 0.538. The summed E-state index contributed by atoms with van der Waals surface area (Å²) in [6, 6.07) is 16.3.